The fourth-order valence-electron chi connectivity index (χ4n) is 3.38. The van der Waals surface area contributed by atoms with Gasteiger partial charge in [0.25, 0.3) is 0 Å². The van der Waals surface area contributed by atoms with E-state index in [0.29, 0.717) is 24.4 Å². The second-order valence-corrected chi connectivity index (χ2v) is 6.09. The number of carbonyl (C=O) groups excluding carboxylic acids is 2. The SMILES string of the molecule is CCOC(=O)C1=C(CN2CCCc3cccc(C)c32)NC(=O)NC1. The van der Waals surface area contributed by atoms with Crippen LogP contribution in [0.3, 0.4) is 0 Å². The lowest BCUT2D eigenvalue weighted by Crippen LogP contribution is -2.47. The van der Waals surface area contributed by atoms with Gasteiger partial charge < -0.3 is 20.3 Å². The third-order valence-electron chi connectivity index (χ3n) is 4.44. The molecule has 0 saturated heterocycles. The Labute approximate surface area is 141 Å². The molecule has 0 atom stereocenters. The number of amides is 2. The van der Waals surface area contributed by atoms with E-state index in [-0.39, 0.29) is 18.5 Å². The summed E-state index contributed by atoms with van der Waals surface area (Å²) in [5.74, 6) is -0.373. The molecule has 6 heteroatoms. The molecule has 6 nitrogen and oxygen atoms in total. The molecule has 2 aliphatic rings. The van der Waals surface area contributed by atoms with Crippen molar-refractivity contribution in [2.24, 2.45) is 0 Å². The van der Waals surface area contributed by atoms with Crippen LogP contribution in [-0.4, -0.2) is 38.2 Å². The summed E-state index contributed by atoms with van der Waals surface area (Å²) in [5, 5.41) is 5.43. The van der Waals surface area contributed by atoms with Crippen molar-refractivity contribution in [3.63, 3.8) is 0 Å². The number of benzene rings is 1. The third kappa shape index (κ3) is 3.22. The molecule has 2 aliphatic heterocycles. The Hall–Kier alpha value is -2.50. The maximum atomic E-state index is 12.2. The van der Waals surface area contributed by atoms with Crippen molar-refractivity contribution >= 4 is 17.7 Å². The van der Waals surface area contributed by atoms with Gasteiger partial charge in [-0.25, -0.2) is 9.59 Å². The van der Waals surface area contributed by atoms with E-state index in [2.05, 4.69) is 40.7 Å². The van der Waals surface area contributed by atoms with Crippen LogP contribution in [0.5, 0.6) is 0 Å². The summed E-state index contributed by atoms with van der Waals surface area (Å²) < 4.78 is 5.12. The molecule has 0 spiro atoms. The molecule has 2 heterocycles. The van der Waals surface area contributed by atoms with Gasteiger partial charge in [0, 0.05) is 12.2 Å². The number of esters is 1. The highest BCUT2D eigenvalue weighted by atomic mass is 16.5. The van der Waals surface area contributed by atoms with Gasteiger partial charge in [-0.1, -0.05) is 18.2 Å². The zero-order valence-electron chi connectivity index (χ0n) is 14.1. The second-order valence-electron chi connectivity index (χ2n) is 6.09. The fourth-order valence-corrected chi connectivity index (χ4v) is 3.38. The van der Waals surface area contributed by atoms with Gasteiger partial charge in [0.1, 0.15) is 0 Å². The molecule has 3 rings (SSSR count). The monoisotopic (exact) mass is 329 g/mol. The van der Waals surface area contributed by atoms with Crippen molar-refractivity contribution in [2.75, 3.05) is 31.1 Å². The summed E-state index contributed by atoms with van der Waals surface area (Å²) >= 11 is 0. The Bertz CT molecular complexity index is 697. The summed E-state index contributed by atoms with van der Waals surface area (Å²) in [6.07, 6.45) is 2.12. The van der Waals surface area contributed by atoms with Gasteiger partial charge in [-0.2, -0.15) is 0 Å². The Morgan fingerprint density at radius 2 is 2.21 bits per heavy atom. The average molecular weight is 329 g/mol. The Morgan fingerprint density at radius 1 is 1.38 bits per heavy atom. The number of nitrogens with zero attached hydrogens (tertiary/aromatic N) is 1. The van der Waals surface area contributed by atoms with Gasteiger partial charge in [-0.15, -0.1) is 0 Å². The lowest BCUT2D eigenvalue weighted by Gasteiger charge is -2.34. The van der Waals surface area contributed by atoms with Gasteiger partial charge in [-0.05, 0) is 37.8 Å². The number of rotatable bonds is 4. The first kappa shape index (κ1) is 16.4. The van der Waals surface area contributed by atoms with Crippen LogP contribution in [0.1, 0.15) is 24.5 Å². The zero-order chi connectivity index (χ0) is 17.1. The molecule has 2 amide bonds. The number of nitrogens with one attached hydrogen (secondary N) is 2. The second kappa shape index (κ2) is 6.95. The fraction of sp³-hybridized carbons (Fsp3) is 0.444. The summed E-state index contributed by atoms with van der Waals surface area (Å²) in [6.45, 7) is 5.79. The number of urea groups is 1. The summed E-state index contributed by atoms with van der Waals surface area (Å²) in [6, 6.07) is 6.04. The first-order valence-electron chi connectivity index (χ1n) is 8.37. The molecule has 0 bridgehead atoms. The number of para-hydroxylation sites is 1. The molecule has 1 aromatic rings. The molecule has 0 saturated carbocycles. The van der Waals surface area contributed by atoms with E-state index in [1.165, 1.54) is 16.8 Å². The van der Waals surface area contributed by atoms with Crippen LogP contribution >= 0.6 is 0 Å². The quantitative estimate of drug-likeness (QED) is 0.828. The average Bonchev–Trinajstić information content (AvgIpc) is 2.55. The van der Waals surface area contributed by atoms with Crippen LogP contribution in [0.4, 0.5) is 10.5 Å². The Kier molecular flexibility index (Phi) is 4.74. The van der Waals surface area contributed by atoms with Gasteiger partial charge >= 0.3 is 12.0 Å². The smallest absolute Gasteiger partial charge is 0.337 e. The number of carbonyl (C=O) groups is 2. The van der Waals surface area contributed by atoms with E-state index in [9.17, 15) is 9.59 Å². The summed E-state index contributed by atoms with van der Waals surface area (Å²) in [5.41, 5.74) is 4.88. The van der Waals surface area contributed by atoms with E-state index in [1.54, 1.807) is 6.92 Å². The molecule has 0 unspecified atom stereocenters. The lowest BCUT2D eigenvalue weighted by molar-refractivity contribution is -0.138. The molecular weight excluding hydrogens is 306 g/mol. The van der Waals surface area contributed by atoms with Crippen molar-refractivity contribution < 1.29 is 14.3 Å². The van der Waals surface area contributed by atoms with Crippen LogP contribution in [0.2, 0.25) is 0 Å². The zero-order valence-corrected chi connectivity index (χ0v) is 14.1. The molecule has 0 aliphatic carbocycles. The minimum Gasteiger partial charge on any atom is -0.463 e. The van der Waals surface area contributed by atoms with Gasteiger partial charge in [-0.3, -0.25) is 0 Å². The third-order valence-corrected chi connectivity index (χ3v) is 4.44. The van der Waals surface area contributed by atoms with E-state index in [4.69, 9.17) is 4.74 Å². The van der Waals surface area contributed by atoms with Crippen LogP contribution < -0.4 is 15.5 Å². The summed E-state index contributed by atoms with van der Waals surface area (Å²) in [4.78, 5) is 26.2. The number of hydrogen-bond acceptors (Lipinski definition) is 4. The largest absolute Gasteiger partial charge is 0.463 e. The summed E-state index contributed by atoms with van der Waals surface area (Å²) in [7, 11) is 0. The van der Waals surface area contributed by atoms with Crippen molar-refractivity contribution in [1.29, 1.82) is 0 Å². The Morgan fingerprint density at radius 3 is 3.00 bits per heavy atom. The topological polar surface area (TPSA) is 70.7 Å². The van der Waals surface area contributed by atoms with Gasteiger partial charge in [0.15, 0.2) is 0 Å². The molecule has 0 radical (unpaired) electrons. The number of aryl methyl sites for hydroxylation is 2. The maximum absolute atomic E-state index is 12.2. The minimum atomic E-state index is -0.373. The first-order valence-corrected chi connectivity index (χ1v) is 8.37. The van der Waals surface area contributed by atoms with Gasteiger partial charge in [0.05, 0.1) is 31.0 Å². The van der Waals surface area contributed by atoms with Crippen molar-refractivity contribution in [1.82, 2.24) is 10.6 Å². The lowest BCUT2D eigenvalue weighted by atomic mass is 9.97. The minimum absolute atomic E-state index is 0.203. The van der Waals surface area contributed by atoms with Crippen LogP contribution in [0, 0.1) is 6.92 Å². The molecule has 0 aromatic heterocycles. The highest BCUT2D eigenvalue weighted by Gasteiger charge is 2.27. The van der Waals surface area contributed by atoms with Crippen LogP contribution in [0.15, 0.2) is 29.5 Å². The molecule has 0 fully saturated rings. The first-order chi connectivity index (χ1) is 11.6. The van der Waals surface area contributed by atoms with E-state index < -0.39 is 0 Å². The number of anilines is 1. The number of hydrogen-bond donors (Lipinski definition) is 2. The van der Waals surface area contributed by atoms with Crippen LogP contribution in [0.25, 0.3) is 0 Å². The van der Waals surface area contributed by atoms with Gasteiger partial charge in [0.2, 0.25) is 0 Å². The van der Waals surface area contributed by atoms with E-state index in [0.717, 1.165) is 19.4 Å². The highest BCUT2D eigenvalue weighted by molar-refractivity contribution is 5.93. The number of fused-ring (bicyclic) bond motifs is 1. The standard InChI is InChI=1S/C18H23N3O3/c1-3-24-17(22)14-10-19-18(23)20-15(14)11-21-9-5-8-13-7-4-6-12(2)16(13)21/h4,6-7H,3,5,8-11H2,1-2H3,(H2,19,20,23). The molecular formula is C18H23N3O3. The molecule has 128 valence electrons. The Balaban J connectivity index is 1.91. The van der Waals surface area contributed by atoms with Crippen molar-refractivity contribution in [2.45, 2.75) is 26.7 Å². The maximum Gasteiger partial charge on any atom is 0.337 e. The predicted molar refractivity (Wildman–Crippen MR) is 91.9 cm³/mol. The predicted octanol–water partition coefficient (Wildman–Crippen LogP) is 1.88. The van der Waals surface area contributed by atoms with Crippen molar-refractivity contribution in [3.05, 3.63) is 40.6 Å². The number of ether oxygens (including phenoxy) is 1. The molecule has 2 N–H and O–H groups in total. The van der Waals surface area contributed by atoms with Crippen LogP contribution in [-0.2, 0) is 16.0 Å². The molecule has 24 heavy (non-hydrogen) atoms. The normalized spacial score (nSPS) is 17.1. The molecule has 1 aromatic carbocycles. The van der Waals surface area contributed by atoms with E-state index in [1.807, 2.05) is 0 Å². The highest BCUT2D eigenvalue weighted by Crippen LogP contribution is 2.31. The van der Waals surface area contributed by atoms with E-state index >= 15 is 0 Å². The van der Waals surface area contributed by atoms with Crippen molar-refractivity contribution in [3.8, 4) is 0 Å².